The lowest BCUT2D eigenvalue weighted by atomic mass is 10.0. The predicted octanol–water partition coefficient (Wildman–Crippen LogP) is 4.51. The minimum absolute atomic E-state index is 0.143. The maximum Gasteiger partial charge on any atom is 0.174 e. The van der Waals surface area contributed by atoms with Crippen LogP contribution in [0.3, 0.4) is 0 Å². The summed E-state index contributed by atoms with van der Waals surface area (Å²) in [4.78, 5) is 6.49. The van der Waals surface area contributed by atoms with E-state index in [4.69, 9.17) is 33.0 Å². The molecule has 0 amide bonds. The second kappa shape index (κ2) is 6.97. The van der Waals surface area contributed by atoms with Crippen molar-refractivity contribution in [2.24, 2.45) is 0 Å². The number of rotatable bonds is 4. The smallest absolute Gasteiger partial charge is 0.174 e. The number of benzene rings is 1. The van der Waals surface area contributed by atoms with Crippen LogP contribution in [-0.4, -0.2) is 17.2 Å². The number of ether oxygens (including phenoxy) is 1. The van der Waals surface area contributed by atoms with Crippen molar-refractivity contribution < 1.29 is 9.15 Å². The molecule has 0 spiro atoms. The number of thiocarbonyl (C=S) groups is 1. The molecule has 1 aromatic carbocycles. The maximum absolute atomic E-state index is 6.33. The maximum atomic E-state index is 6.33. The summed E-state index contributed by atoms with van der Waals surface area (Å²) in [5, 5.41) is 4.47. The van der Waals surface area contributed by atoms with Crippen molar-refractivity contribution in [3.63, 3.8) is 0 Å². The van der Waals surface area contributed by atoms with Gasteiger partial charge in [0.25, 0.3) is 0 Å². The van der Waals surface area contributed by atoms with Crippen molar-refractivity contribution in [3.05, 3.63) is 77.5 Å². The number of nitrogens with one attached hydrogen (secondary N) is 1. The van der Waals surface area contributed by atoms with Crippen molar-refractivity contribution in [1.82, 2.24) is 10.3 Å². The zero-order chi connectivity index (χ0) is 18.1. The molecule has 0 aliphatic carbocycles. The van der Waals surface area contributed by atoms with E-state index in [9.17, 15) is 0 Å². The Labute approximate surface area is 161 Å². The van der Waals surface area contributed by atoms with Crippen molar-refractivity contribution in [2.45, 2.75) is 12.1 Å². The number of methoxy groups -OCH3 is 1. The van der Waals surface area contributed by atoms with E-state index in [0.717, 1.165) is 17.1 Å². The zero-order valence-corrected chi connectivity index (χ0v) is 15.5. The summed E-state index contributed by atoms with van der Waals surface area (Å²) in [6, 6.07) is 14.9. The van der Waals surface area contributed by atoms with E-state index < -0.39 is 0 Å². The molecule has 1 fully saturated rings. The van der Waals surface area contributed by atoms with E-state index in [0.29, 0.717) is 15.9 Å². The molecule has 1 aliphatic rings. The Bertz CT molecular complexity index is 918. The molecule has 3 heterocycles. The SMILES string of the molecule is COc1ccc(N2C(=S)N[C@H](c3ccccn3)[C@@H]2c2ccco2)cc1Cl. The van der Waals surface area contributed by atoms with Crippen LogP contribution in [0.4, 0.5) is 5.69 Å². The van der Waals surface area contributed by atoms with Gasteiger partial charge in [-0.2, -0.15) is 0 Å². The number of hydrogen-bond donors (Lipinski definition) is 1. The van der Waals surface area contributed by atoms with Crippen LogP contribution in [0, 0.1) is 0 Å². The van der Waals surface area contributed by atoms with Gasteiger partial charge in [0.2, 0.25) is 0 Å². The molecule has 26 heavy (non-hydrogen) atoms. The largest absolute Gasteiger partial charge is 0.495 e. The molecular formula is C19H16ClN3O2S. The number of anilines is 1. The third-order valence-corrected chi connectivity index (χ3v) is 4.96. The van der Waals surface area contributed by atoms with Crippen molar-refractivity contribution in [3.8, 4) is 5.75 Å². The Morgan fingerprint density at radius 3 is 2.77 bits per heavy atom. The summed E-state index contributed by atoms with van der Waals surface area (Å²) in [6.45, 7) is 0. The van der Waals surface area contributed by atoms with Crippen molar-refractivity contribution in [1.29, 1.82) is 0 Å². The molecule has 132 valence electrons. The quantitative estimate of drug-likeness (QED) is 0.667. The van der Waals surface area contributed by atoms with Crippen LogP contribution < -0.4 is 15.0 Å². The number of halogens is 1. The Kier molecular flexibility index (Phi) is 4.53. The molecule has 1 aliphatic heterocycles. The molecule has 5 nitrogen and oxygen atoms in total. The summed E-state index contributed by atoms with van der Waals surface area (Å²) >= 11 is 12.0. The highest BCUT2D eigenvalue weighted by Crippen LogP contribution is 2.42. The third-order valence-electron chi connectivity index (χ3n) is 4.35. The first kappa shape index (κ1) is 16.9. The summed E-state index contributed by atoms with van der Waals surface area (Å²) in [6.07, 6.45) is 3.43. The fourth-order valence-electron chi connectivity index (χ4n) is 3.19. The first-order chi connectivity index (χ1) is 12.7. The monoisotopic (exact) mass is 385 g/mol. The summed E-state index contributed by atoms with van der Waals surface area (Å²) in [5.41, 5.74) is 1.74. The Morgan fingerprint density at radius 2 is 2.12 bits per heavy atom. The van der Waals surface area contributed by atoms with Crippen LogP contribution in [0.15, 0.2) is 65.4 Å². The van der Waals surface area contributed by atoms with Gasteiger partial charge in [0.1, 0.15) is 17.6 Å². The Balaban J connectivity index is 1.80. The minimum atomic E-state index is -0.183. The van der Waals surface area contributed by atoms with Crippen LogP contribution in [0.1, 0.15) is 23.5 Å². The molecule has 2 atom stereocenters. The average Bonchev–Trinajstić information content (AvgIpc) is 3.30. The highest BCUT2D eigenvalue weighted by molar-refractivity contribution is 7.80. The molecule has 0 radical (unpaired) electrons. The van der Waals surface area contributed by atoms with Gasteiger partial charge in [-0.05, 0) is 54.7 Å². The van der Waals surface area contributed by atoms with Gasteiger partial charge in [-0.25, -0.2) is 0 Å². The highest BCUT2D eigenvalue weighted by Gasteiger charge is 2.42. The van der Waals surface area contributed by atoms with Crippen LogP contribution >= 0.6 is 23.8 Å². The topological polar surface area (TPSA) is 50.5 Å². The molecule has 0 saturated carbocycles. The summed E-state index contributed by atoms with van der Waals surface area (Å²) in [7, 11) is 1.59. The van der Waals surface area contributed by atoms with Gasteiger partial charge in [0.05, 0.1) is 30.1 Å². The summed E-state index contributed by atoms with van der Waals surface area (Å²) in [5.74, 6) is 1.41. The van der Waals surface area contributed by atoms with E-state index in [1.807, 2.05) is 53.4 Å². The van der Waals surface area contributed by atoms with Crippen LogP contribution in [-0.2, 0) is 0 Å². The molecular weight excluding hydrogens is 370 g/mol. The molecule has 1 N–H and O–H groups in total. The lowest BCUT2D eigenvalue weighted by Crippen LogP contribution is -2.29. The summed E-state index contributed by atoms with van der Waals surface area (Å²) < 4.78 is 11.0. The Hall–Kier alpha value is -2.57. The van der Waals surface area contributed by atoms with E-state index in [2.05, 4.69) is 10.3 Å². The number of pyridine rings is 1. The van der Waals surface area contributed by atoms with Crippen molar-refractivity contribution >= 4 is 34.6 Å². The van der Waals surface area contributed by atoms with Gasteiger partial charge >= 0.3 is 0 Å². The normalized spacial score (nSPS) is 19.5. The van der Waals surface area contributed by atoms with E-state index in [1.165, 1.54) is 0 Å². The molecule has 2 aromatic heterocycles. The molecule has 0 bridgehead atoms. The molecule has 3 aromatic rings. The number of hydrogen-bond acceptors (Lipinski definition) is 4. The lowest BCUT2D eigenvalue weighted by Gasteiger charge is -2.26. The first-order valence-corrected chi connectivity index (χ1v) is 8.85. The van der Waals surface area contributed by atoms with E-state index in [1.54, 1.807) is 19.6 Å². The van der Waals surface area contributed by atoms with Gasteiger partial charge in [-0.15, -0.1) is 0 Å². The second-order valence-corrected chi connectivity index (χ2v) is 6.62. The third kappa shape index (κ3) is 2.91. The molecule has 0 unspecified atom stereocenters. The number of nitrogens with zero attached hydrogens (tertiary/aromatic N) is 2. The first-order valence-electron chi connectivity index (χ1n) is 8.06. The minimum Gasteiger partial charge on any atom is -0.495 e. The van der Waals surface area contributed by atoms with Gasteiger partial charge in [-0.1, -0.05) is 17.7 Å². The van der Waals surface area contributed by atoms with Gasteiger partial charge in [-0.3, -0.25) is 4.98 Å². The average molecular weight is 386 g/mol. The second-order valence-electron chi connectivity index (χ2n) is 5.83. The fourth-order valence-corrected chi connectivity index (χ4v) is 3.78. The Morgan fingerprint density at radius 1 is 1.23 bits per heavy atom. The van der Waals surface area contributed by atoms with Crippen molar-refractivity contribution in [2.75, 3.05) is 12.0 Å². The van der Waals surface area contributed by atoms with Crippen LogP contribution in [0.2, 0.25) is 5.02 Å². The van der Waals surface area contributed by atoms with Crippen LogP contribution in [0.5, 0.6) is 5.75 Å². The number of aromatic nitrogens is 1. The van der Waals surface area contributed by atoms with Gasteiger partial charge < -0.3 is 19.4 Å². The van der Waals surface area contributed by atoms with Gasteiger partial charge in [0.15, 0.2) is 5.11 Å². The molecule has 1 saturated heterocycles. The molecule has 4 rings (SSSR count). The standard InChI is InChI=1S/C19H16ClN3O2S/c1-24-15-8-7-12(11-13(15)20)23-18(16-6-4-10-25-16)17(22-19(23)26)14-5-2-3-9-21-14/h2-11,17-18H,1H3,(H,22,26)/t17-,18+/m1/s1. The number of furan rings is 1. The predicted molar refractivity (Wildman–Crippen MR) is 105 cm³/mol. The molecule has 7 heteroatoms. The van der Waals surface area contributed by atoms with Gasteiger partial charge in [0, 0.05) is 11.9 Å². The zero-order valence-electron chi connectivity index (χ0n) is 13.9. The fraction of sp³-hybridized carbons (Fsp3) is 0.158. The van der Waals surface area contributed by atoms with Crippen LogP contribution in [0.25, 0.3) is 0 Å². The lowest BCUT2D eigenvalue weighted by molar-refractivity contribution is 0.415. The van der Waals surface area contributed by atoms with E-state index in [-0.39, 0.29) is 12.1 Å². The van der Waals surface area contributed by atoms with E-state index >= 15 is 0 Å². The highest BCUT2D eigenvalue weighted by atomic mass is 35.5.